The fourth-order valence-corrected chi connectivity index (χ4v) is 4.93. The molecule has 1 atom stereocenters. The number of rotatable bonds is 5. The molecule has 31 heavy (non-hydrogen) atoms. The summed E-state index contributed by atoms with van der Waals surface area (Å²) < 4.78 is 6.03. The molecular weight excluding hydrogens is 386 g/mol. The number of carbonyl (C=O) groups excluding carboxylic acids is 1. The van der Waals surface area contributed by atoms with Crippen LogP contribution in [0.4, 0.5) is 11.5 Å². The van der Waals surface area contributed by atoms with Crippen molar-refractivity contribution >= 4 is 28.3 Å². The van der Waals surface area contributed by atoms with Crippen LogP contribution in [-0.2, 0) is 11.2 Å². The van der Waals surface area contributed by atoms with Gasteiger partial charge in [-0.2, -0.15) is 0 Å². The number of benzene rings is 2. The number of amides is 1. The molecule has 3 heterocycles. The maximum absolute atomic E-state index is 12.9. The minimum Gasteiger partial charge on any atom is -0.481 e. The zero-order valence-electron chi connectivity index (χ0n) is 18.1. The molecule has 2 aliphatic heterocycles. The van der Waals surface area contributed by atoms with Crippen molar-refractivity contribution in [2.45, 2.75) is 45.1 Å². The molecule has 0 bridgehead atoms. The van der Waals surface area contributed by atoms with Gasteiger partial charge in [-0.05, 0) is 61.9 Å². The van der Waals surface area contributed by atoms with Crippen LogP contribution < -0.4 is 14.5 Å². The normalized spacial score (nSPS) is 18.3. The van der Waals surface area contributed by atoms with E-state index in [4.69, 9.17) is 9.72 Å². The van der Waals surface area contributed by atoms with E-state index in [1.807, 2.05) is 41.3 Å². The highest BCUT2D eigenvalue weighted by atomic mass is 16.5. The van der Waals surface area contributed by atoms with Gasteiger partial charge in [0.05, 0.1) is 0 Å². The zero-order valence-corrected chi connectivity index (χ0v) is 18.1. The molecule has 160 valence electrons. The lowest BCUT2D eigenvalue weighted by Gasteiger charge is -2.36. The number of pyridine rings is 1. The van der Waals surface area contributed by atoms with Gasteiger partial charge in [0, 0.05) is 30.2 Å². The van der Waals surface area contributed by atoms with Crippen LogP contribution in [0.1, 0.15) is 38.2 Å². The average molecular weight is 416 g/mol. The van der Waals surface area contributed by atoms with Crippen molar-refractivity contribution in [3.05, 3.63) is 60.2 Å². The Labute approximate surface area is 183 Å². The Kier molecular flexibility index (Phi) is 5.49. The molecule has 5 nitrogen and oxygen atoms in total. The first-order chi connectivity index (χ1) is 15.2. The topological polar surface area (TPSA) is 45.7 Å². The van der Waals surface area contributed by atoms with E-state index in [-0.39, 0.29) is 12.5 Å². The van der Waals surface area contributed by atoms with Crippen LogP contribution in [-0.4, -0.2) is 36.6 Å². The number of fused-ring (bicyclic) bond motifs is 2. The highest BCUT2D eigenvalue weighted by Gasteiger charge is 2.25. The number of para-hydroxylation sites is 2. The van der Waals surface area contributed by atoms with Gasteiger partial charge in [-0.3, -0.25) is 4.79 Å². The van der Waals surface area contributed by atoms with Crippen LogP contribution in [0, 0.1) is 0 Å². The van der Waals surface area contributed by atoms with E-state index in [0.717, 1.165) is 41.8 Å². The van der Waals surface area contributed by atoms with Gasteiger partial charge in [0.2, 0.25) is 0 Å². The SMILES string of the molecule is CCC1CCCCN1c1ccc2cccc(OCC(=O)N3CCc4ccccc43)c2n1. The largest absolute Gasteiger partial charge is 0.481 e. The summed E-state index contributed by atoms with van der Waals surface area (Å²) in [4.78, 5) is 22.1. The minimum absolute atomic E-state index is 0.0137. The Morgan fingerprint density at radius 3 is 2.87 bits per heavy atom. The summed E-state index contributed by atoms with van der Waals surface area (Å²) in [6.07, 6.45) is 5.75. The van der Waals surface area contributed by atoms with Crippen molar-refractivity contribution in [3.8, 4) is 5.75 Å². The van der Waals surface area contributed by atoms with Gasteiger partial charge < -0.3 is 14.5 Å². The van der Waals surface area contributed by atoms with Gasteiger partial charge in [-0.15, -0.1) is 0 Å². The summed E-state index contributed by atoms with van der Waals surface area (Å²) >= 11 is 0. The number of nitrogens with zero attached hydrogens (tertiary/aromatic N) is 3. The molecule has 2 aromatic carbocycles. The van der Waals surface area contributed by atoms with E-state index < -0.39 is 0 Å². The van der Waals surface area contributed by atoms with Gasteiger partial charge in [0.1, 0.15) is 17.1 Å². The Morgan fingerprint density at radius 1 is 1.06 bits per heavy atom. The summed E-state index contributed by atoms with van der Waals surface area (Å²) in [6.45, 7) is 4.03. The molecule has 1 amide bonds. The van der Waals surface area contributed by atoms with Gasteiger partial charge >= 0.3 is 0 Å². The van der Waals surface area contributed by atoms with E-state index in [0.29, 0.717) is 18.3 Å². The molecule has 0 radical (unpaired) electrons. The Hall–Kier alpha value is -3.08. The highest BCUT2D eigenvalue weighted by molar-refractivity contribution is 5.96. The Morgan fingerprint density at radius 2 is 1.97 bits per heavy atom. The molecule has 2 aliphatic rings. The van der Waals surface area contributed by atoms with Crippen molar-refractivity contribution in [1.82, 2.24) is 4.98 Å². The van der Waals surface area contributed by atoms with Crippen LogP contribution in [0.25, 0.3) is 10.9 Å². The van der Waals surface area contributed by atoms with Crippen molar-refractivity contribution in [2.75, 3.05) is 29.5 Å². The highest BCUT2D eigenvalue weighted by Crippen LogP contribution is 2.31. The molecule has 1 unspecified atom stereocenters. The summed E-state index contributed by atoms with van der Waals surface area (Å²) in [6, 6.07) is 18.8. The summed E-state index contributed by atoms with van der Waals surface area (Å²) in [7, 11) is 0. The third-order valence-corrected chi connectivity index (χ3v) is 6.60. The second-order valence-electron chi connectivity index (χ2n) is 8.46. The molecule has 0 N–H and O–H groups in total. The molecule has 1 aromatic heterocycles. The van der Waals surface area contributed by atoms with Crippen LogP contribution >= 0.6 is 0 Å². The predicted molar refractivity (Wildman–Crippen MR) is 125 cm³/mol. The molecular formula is C26H29N3O2. The summed E-state index contributed by atoms with van der Waals surface area (Å²) in [5.74, 6) is 1.67. The smallest absolute Gasteiger partial charge is 0.264 e. The zero-order chi connectivity index (χ0) is 21.2. The number of ether oxygens (including phenoxy) is 1. The molecule has 0 aliphatic carbocycles. The Balaban J connectivity index is 1.37. The van der Waals surface area contributed by atoms with Crippen molar-refractivity contribution in [3.63, 3.8) is 0 Å². The predicted octanol–water partition coefficient (Wildman–Crippen LogP) is 4.97. The van der Waals surface area contributed by atoms with Gasteiger partial charge in [0.15, 0.2) is 6.61 Å². The van der Waals surface area contributed by atoms with Crippen LogP contribution in [0.3, 0.4) is 0 Å². The maximum Gasteiger partial charge on any atom is 0.264 e. The van der Waals surface area contributed by atoms with E-state index in [1.165, 1.54) is 24.8 Å². The second-order valence-corrected chi connectivity index (χ2v) is 8.46. The number of anilines is 2. The van der Waals surface area contributed by atoms with E-state index in [1.54, 1.807) is 0 Å². The summed E-state index contributed by atoms with van der Waals surface area (Å²) in [5.41, 5.74) is 3.06. The van der Waals surface area contributed by atoms with Crippen LogP contribution in [0.2, 0.25) is 0 Å². The maximum atomic E-state index is 12.9. The fourth-order valence-electron chi connectivity index (χ4n) is 4.93. The third-order valence-electron chi connectivity index (χ3n) is 6.60. The van der Waals surface area contributed by atoms with Gasteiger partial charge in [-0.1, -0.05) is 37.3 Å². The van der Waals surface area contributed by atoms with Crippen LogP contribution in [0.5, 0.6) is 5.75 Å². The van der Waals surface area contributed by atoms with Gasteiger partial charge in [-0.25, -0.2) is 4.98 Å². The van der Waals surface area contributed by atoms with Crippen molar-refractivity contribution in [2.24, 2.45) is 0 Å². The first kappa shape index (κ1) is 19.9. The number of hydrogen-bond donors (Lipinski definition) is 0. The van der Waals surface area contributed by atoms with Crippen LogP contribution in [0.15, 0.2) is 54.6 Å². The quantitative estimate of drug-likeness (QED) is 0.590. The van der Waals surface area contributed by atoms with Gasteiger partial charge in [0.25, 0.3) is 5.91 Å². The van der Waals surface area contributed by atoms with Crippen molar-refractivity contribution < 1.29 is 9.53 Å². The number of carbonyl (C=O) groups is 1. The number of hydrogen-bond acceptors (Lipinski definition) is 4. The lowest BCUT2D eigenvalue weighted by atomic mass is 10.00. The molecule has 5 rings (SSSR count). The lowest BCUT2D eigenvalue weighted by molar-refractivity contribution is -0.120. The second kappa shape index (κ2) is 8.58. The van der Waals surface area contributed by atoms with Crippen molar-refractivity contribution in [1.29, 1.82) is 0 Å². The molecule has 0 saturated carbocycles. The minimum atomic E-state index is -0.0137. The van der Waals surface area contributed by atoms with E-state index in [9.17, 15) is 4.79 Å². The van der Waals surface area contributed by atoms with E-state index in [2.05, 4.69) is 30.0 Å². The monoisotopic (exact) mass is 415 g/mol. The summed E-state index contributed by atoms with van der Waals surface area (Å²) in [5, 5.41) is 1.03. The average Bonchev–Trinajstić information content (AvgIpc) is 3.26. The van der Waals surface area contributed by atoms with E-state index >= 15 is 0 Å². The Bertz CT molecular complexity index is 1100. The molecule has 1 fully saturated rings. The third kappa shape index (κ3) is 3.85. The molecule has 1 saturated heterocycles. The molecule has 5 heteroatoms. The molecule has 0 spiro atoms. The fraction of sp³-hybridized carbons (Fsp3) is 0.385. The molecule has 3 aromatic rings. The first-order valence-electron chi connectivity index (χ1n) is 11.4. The lowest BCUT2D eigenvalue weighted by Crippen LogP contribution is -2.39. The number of piperidine rings is 1. The number of aromatic nitrogens is 1. The first-order valence-corrected chi connectivity index (χ1v) is 11.4. The standard InChI is InChI=1S/C26H29N3O2/c1-2-21-10-5-6-16-28(21)24-14-13-20-9-7-12-23(26(20)27-24)31-18-25(30)29-17-15-19-8-3-4-11-22(19)29/h3-4,7-9,11-14,21H,2,5-6,10,15-18H2,1H3.